The van der Waals surface area contributed by atoms with E-state index in [4.69, 9.17) is 11.6 Å². The minimum atomic E-state index is 0.103. The molecule has 0 radical (unpaired) electrons. The first kappa shape index (κ1) is 11.2. The molecule has 1 unspecified atom stereocenters. The fraction of sp³-hybridized carbons (Fsp3) is 0.308. The first-order valence-corrected chi connectivity index (χ1v) is 5.85. The van der Waals surface area contributed by atoms with Gasteiger partial charge in [0.05, 0.1) is 0 Å². The number of amides is 1. The second-order valence-corrected chi connectivity index (χ2v) is 4.41. The fourth-order valence-corrected chi connectivity index (χ4v) is 1.94. The molecule has 16 heavy (non-hydrogen) atoms. The number of allylic oxidation sites excluding steroid dienone is 2. The molecule has 1 aliphatic rings. The Kier molecular flexibility index (Phi) is 3.62. The highest BCUT2D eigenvalue weighted by Gasteiger charge is 2.18. The molecule has 1 aromatic carbocycles. The summed E-state index contributed by atoms with van der Waals surface area (Å²) in [6.45, 7) is 0. The van der Waals surface area contributed by atoms with Crippen molar-refractivity contribution in [3.8, 4) is 0 Å². The van der Waals surface area contributed by atoms with Crippen LogP contribution in [0.3, 0.4) is 0 Å². The van der Waals surface area contributed by atoms with Gasteiger partial charge in [-0.1, -0.05) is 23.8 Å². The largest absolute Gasteiger partial charge is 0.326 e. The molecule has 0 saturated heterocycles. The molecule has 1 amide bonds. The van der Waals surface area contributed by atoms with Gasteiger partial charge in [0.15, 0.2) is 0 Å². The van der Waals surface area contributed by atoms with Crippen LogP contribution in [0.15, 0.2) is 36.4 Å². The highest BCUT2D eigenvalue weighted by Crippen LogP contribution is 2.20. The number of nitrogens with one attached hydrogen (secondary N) is 1. The fourth-order valence-electron chi connectivity index (χ4n) is 1.81. The summed E-state index contributed by atoms with van der Waals surface area (Å²) in [7, 11) is 0. The molecular formula is C13H14ClNO. The lowest BCUT2D eigenvalue weighted by Gasteiger charge is -2.17. The van der Waals surface area contributed by atoms with Crippen LogP contribution in [-0.4, -0.2) is 5.91 Å². The number of carbonyl (C=O) groups excluding carboxylic acids is 1. The Hall–Kier alpha value is -1.28. The van der Waals surface area contributed by atoms with Crippen LogP contribution < -0.4 is 5.32 Å². The van der Waals surface area contributed by atoms with E-state index in [1.54, 1.807) is 12.1 Å². The summed E-state index contributed by atoms with van der Waals surface area (Å²) in [6, 6.07) is 7.19. The topological polar surface area (TPSA) is 29.1 Å². The zero-order valence-electron chi connectivity index (χ0n) is 8.95. The Balaban J connectivity index is 1.96. The molecule has 0 aromatic heterocycles. The van der Waals surface area contributed by atoms with E-state index in [-0.39, 0.29) is 11.8 Å². The van der Waals surface area contributed by atoms with Crippen molar-refractivity contribution in [1.29, 1.82) is 0 Å². The maximum Gasteiger partial charge on any atom is 0.227 e. The van der Waals surface area contributed by atoms with Gasteiger partial charge in [-0.15, -0.1) is 0 Å². The molecule has 0 heterocycles. The summed E-state index contributed by atoms with van der Waals surface area (Å²) in [6.07, 6.45) is 7.00. The van der Waals surface area contributed by atoms with Crippen LogP contribution >= 0.6 is 11.6 Å². The van der Waals surface area contributed by atoms with Crippen LogP contribution in [0.25, 0.3) is 0 Å². The molecule has 2 rings (SSSR count). The Labute approximate surface area is 100 Å². The van der Waals surface area contributed by atoms with E-state index in [9.17, 15) is 4.79 Å². The quantitative estimate of drug-likeness (QED) is 0.780. The Bertz CT molecular complexity index is 397. The van der Waals surface area contributed by atoms with Crippen molar-refractivity contribution in [2.24, 2.45) is 5.92 Å². The number of rotatable bonds is 2. The van der Waals surface area contributed by atoms with Crippen molar-refractivity contribution >= 4 is 23.2 Å². The Morgan fingerprint density at radius 2 is 2.00 bits per heavy atom. The molecule has 0 aliphatic heterocycles. The van der Waals surface area contributed by atoms with Crippen molar-refractivity contribution in [2.45, 2.75) is 19.3 Å². The molecule has 0 spiro atoms. The van der Waals surface area contributed by atoms with Gasteiger partial charge in [-0.25, -0.2) is 0 Å². The zero-order valence-corrected chi connectivity index (χ0v) is 9.70. The van der Waals surface area contributed by atoms with E-state index in [1.807, 2.05) is 12.1 Å². The number of carbonyl (C=O) groups is 1. The highest BCUT2D eigenvalue weighted by molar-refractivity contribution is 6.30. The van der Waals surface area contributed by atoms with Crippen molar-refractivity contribution in [3.05, 3.63) is 41.4 Å². The predicted octanol–water partition coefficient (Wildman–Crippen LogP) is 3.63. The molecule has 1 aromatic rings. The van der Waals surface area contributed by atoms with Gasteiger partial charge in [-0.3, -0.25) is 4.79 Å². The lowest BCUT2D eigenvalue weighted by Crippen LogP contribution is -2.23. The lowest BCUT2D eigenvalue weighted by molar-refractivity contribution is -0.120. The number of halogens is 1. The molecule has 1 atom stereocenters. The van der Waals surface area contributed by atoms with Crippen LogP contribution in [0.2, 0.25) is 5.02 Å². The molecular weight excluding hydrogens is 222 g/mol. The normalized spacial score (nSPS) is 19.4. The number of hydrogen-bond donors (Lipinski definition) is 1. The van der Waals surface area contributed by atoms with Gasteiger partial charge < -0.3 is 5.32 Å². The summed E-state index contributed by atoms with van der Waals surface area (Å²) in [5, 5.41) is 3.59. The van der Waals surface area contributed by atoms with Crippen LogP contribution in [-0.2, 0) is 4.79 Å². The maximum absolute atomic E-state index is 11.9. The van der Waals surface area contributed by atoms with Gasteiger partial charge in [0.25, 0.3) is 0 Å². The molecule has 1 N–H and O–H groups in total. The van der Waals surface area contributed by atoms with Crippen molar-refractivity contribution in [2.75, 3.05) is 5.32 Å². The second kappa shape index (κ2) is 5.17. The van der Waals surface area contributed by atoms with E-state index < -0.39 is 0 Å². The molecule has 0 bridgehead atoms. The number of hydrogen-bond acceptors (Lipinski definition) is 1. The summed E-state index contributed by atoms with van der Waals surface area (Å²) in [5.41, 5.74) is 0.809. The number of anilines is 1. The maximum atomic E-state index is 11.9. The van der Waals surface area contributed by atoms with Gasteiger partial charge >= 0.3 is 0 Å². The van der Waals surface area contributed by atoms with Gasteiger partial charge in [-0.05, 0) is 43.5 Å². The van der Waals surface area contributed by atoms with Crippen molar-refractivity contribution in [1.82, 2.24) is 0 Å². The molecule has 1 aliphatic carbocycles. The van der Waals surface area contributed by atoms with Crippen LogP contribution in [0.5, 0.6) is 0 Å². The molecule has 0 fully saturated rings. The minimum absolute atomic E-state index is 0.103. The number of benzene rings is 1. The Morgan fingerprint density at radius 3 is 2.62 bits per heavy atom. The molecule has 2 nitrogen and oxygen atoms in total. The van der Waals surface area contributed by atoms with Crippen LogP contribution in [0, 0.1) is 5.92 Å². The van der Waals surface area contributed by atoms with E-state index in [0.29, 0.717) is 5.02 Å². The third-order valence-electron chi connectivity index (χ3n) is 2.75. The third kappa shape index (κ3) is 2.86. The smallest absolute Gasteiger partial charge is 0.227 e. The van der Waals surface area contributed by atoms with E-state index in [2.05, 4.69) is 17.5 Å². The summed E-state index contributed by atoms with van der Waals surface area (Å²) in [4.78, 5) is 11.9. The standard InChI is InChI=1S/C13H14ClNO/c14-11-6-8-12(9-7-11)15-13(16)10-4-2-1-3-5-10/h1-2,6-10H,3-5H2,(H,15,16). The average molecular weight is 236 g/mol. The summed E-state index contributed by atoms with van der Waals surface area (Å²) >= 11 is 5.78. The average Bonchev–Trinajstić information content (AvgIpc) is 2.33. The predicted molar refractivity (Wildman–Crippen MR) is 66.6 cm³/mol. The van der Waals surface area contributed by atoms with Crippen LogP contribution in [0.4, 0.5) is 5.69 Å². The Morgan fingerprint density at radius 1 is 1.25 bits per heavy atom. The minimum Gasteiger partial charge on any atom is -0.326 e. The summed E-state index contributed by atoms with van der Waals surface area (Å²) < 4.78 is 0. The zero-order chi connectivity index (χ0) is 11.4. The highest BCUT2D eigenvalue weighted by atomic mass is 35.5. The van der Waals surface area contributed by atoms with E-state index >= 15 is 0 Å². The van der Waals surface area contributed by atoms with Gasteiger partial charge in [0.1, 0.15) is 0 Å². The third-order valence-corrected chi connectivity index (χ3v) is 3.00. The first-order valence-electron chi connectivity index (χ1n) is 5.47. The molecule has 84 valence electrons. The van der Waals surface area contributed by atoms with E-state index in [1.165, 1.54) is 0 Å². The summed E-state index contributed by atoms with van der Waals surface area (Å²) in [5.74, 6) is 0.215. The molecule has 0 saturated carbocycles. The molecule has 3 heteroatoms. The lowest BCUT2D eigenvalue weighted by atomic mass is 9.93. The van der Waals surface area contributed by atoms with Crippen molar-refractivity contribution in [3.63, 3.8) is 0 Å². The van der Waals surface area contributed by atoms with Gasteiger partial charge in [0, 0.05) is 16.6 Å². The van der Waals surface area contributed by atoms with E-state index in [0.717, 1.165) is 24.9 Å². The van der Waals surface area contributed by atoms with Gasteiger partial charge in [-0.2, -0.15) is 0 Å². The van der Waals surface area contributed by atoms with Crippen molar-refractivity contribution < 1.29 is 4.79 Å². The van der Waals surface area contributed by atoms with Crippen LogP contribution in [0.1, 0.15) is 19.3 Å². The second-order valence-electron chi connectivity index (χ2n) is 3.98. The monoisotopic (exact) mass is 235 g/mol. The first-order chi connectivity index (χ1) is 7.75. The van der Waals surface area contributed by atoms with Gasteiger partial charge in [0.2, 0.25) is 5.91 Å². The SMILES string of the molecule is O=C(Nc1ccc(Cl)cc1)C1CC=CCC1.